The maximum absolute atomic E-state index is 3.55. The Morgan fingerprint density at radius 1 is 1.11 bits per heavy atom. The first-order valence-electron chi connectivity index (χ1n) is 7.04. The monoisotopic (exact) mass is 245 g/mol. The molecule has 1 atom stereocenters. The molecule has 18 heavy (non-hydrogen) atoms. The predicted molar refractivity (Wildman–Crippen MR) is 78.8 cm³/mol. The first-order valence-corrected chi connectivity index (χ1v) is 7.04. The van der Waals surface area contributed by atoms with Crippen molar-refractivity contribution in [2.24, 2.45) is 16.7 Å². The Balaban J connectivity index is 2.16. The molecule has 100 valence electrons. The quantitative estimate of drug-likeness (QED) is 0.850. The molecule has 1 fully saturated rings. The Bertz CT molecular complexity index is 417. The molecule has 0 heterocycles. The summed E-state index contributed by atoms with van der Waals surface area (Å²) < 4.78 is 0. The van der Waals surface area contributed by atoms with Crippen LogP contribution < -0.4 is 5.32 Å². The van der Waals surface area contributed by atoms with Crippen LogP contribution >= 0.6 is 0 Å². The number of likely N-dealkylation sites (N-methyl/N-ethyl adjacent to an activating group) is 1. The van der Waals surface area contributed by atoms with Crippen molar-refractivity contribution in [1.29, 1.82) is 0 Å². The number of nitrogens with one attached hydrogen (secondary N) is 1. The van der Waals surface area contributed by atoms with E-state index in [4.69, 9.17) is 0 Å². The second-order valence-electron chi connectivity index (χ2n) is 6.95. The van der Waals surface area contributed by atoms with Crippen molar-refractivity contribution < 1.29 is 0 Å². The smallest absolute Gasteiger partial charge is 0.0143 e. The zero-order valence-electron chi connectivity index (χ0n) is 12.7. The molecule has 1 aliphatic carbocycles. The molecule has 1 N–H and O–H groups in total. The van der Waals surface area contributed by atoms with Crippen molar-refractivity contribution in [3.8, 4) is 0 Å². The number of benzene rings is 1. The van der Waals surface area contributed by atoms with Crippen LogP contribution in [0.5, 0.6) is 0 Å². The topological polar surface area (TPSA) is 12.0 Å². The van der Waals surface area contributed by atoms with Gasteiger partial charge in [-0.3, -0.25) is 0 Å². The Hall–Kier alpha value is -0.820. The average Bonchev–Trinajstić information content (AvgIpc) is 2.70. The van der Waals surface area contributed by atoms with Gasteiger partial charge in [0, 0.05) is 6.04 Å². The lowest BCUT2D eigenvalue weighted by molar-refractivity contribution is 0.420. The molecular formula is C17H27N. The maximum atomic E-state index is 3.55. The fourth-order valence-corrected chi connectivity index (χ4v) is 3.72. The molecule has 1 nitrogen and oxygen atoms in total. The first-order chi connectivity index (χ1) is 8.32. The summed E-state index contributed by atoms with van der Waals surface area (Å²) in [6, 6.07) is 9.33. The van der Waals surface area contributed by atoms with Crippen LogP contribution in [0.15, 0.2) is 24.3 Å². The van der Waals surface area contributed by atoms with Crippen LogP contribution in [0.3, 0.4) is 0 Å². The Morgan fingerprint density at radius 2 is 1.67 bits per heavy atom. The molecule has 0 bridgehead atoms. The van der Waals surface area contributed by atoms with Gasteiger partial charge >= 0.3 is 0 Å². The summed E-state index contributed by atoms with van der Waals surface area (Å²) in [5, 5.41) is 3.55. The van der Waals surface area contributed by atoms with Crippen LogP contribution in [0.1, 0.15) is 38.8 Å². The third-order valence-corrected chi connectivity index (χ3v) is 5.61. The van der Waals surface area contributed by atoms with Gasteiger partial charge in [-0.1, -0.05) is 52.0 Å². The molecule has 0 spiro atoms. The molecule has 1 heteroatoms. The van der Waals surface area contributed by atoms with Gasteiger partial charge in [0.1, 0.15) is 0 Å². The zero-order chi connectivity index (χ0) is 13.6. The standard InChI is InChI=1S/C17H27N/c1-12-9-7-8-10-13(12)11-14(18-6)15-16(2,3)17(15,4)5/h7-10,14-15,18H,11H2,1-6H3. The number of aryl methyl sites for hydroxylation is 1. The van der Waals surface area contributed by atoms with E-state index in [0.717, 1.165) is 12.3 Å². The summed E-state index contributed by atoms with van der Waals surface area (Å²) in [4.78, 5) is 0. The van der Waals surface area contributed by atoms with E-state index in [-0.39, 0.29) is 0 Å². The van der Waals surface area contributed by atoms with E-state index < -0.39 is 0 Å². The summed E-state index contributed by atoms with van der Waals surface area (Å²) in [6.45, 7) is 11.8. The van der Waals surface area contributed by atoms with E-state index in [9.17, 15) is 0 Å². The predicted octanol–water partition coefficient (Wildman–Crippen LogP) is 3.81. The number of hydrogen-bond donors (Lipinski definition) is 1. The summed E-state index contributed by atoms with van der Waals surface area (Å²) in [5.41, 5.74) is 3.79. The molecule has 0 amide bonds. The van der Waals surface area contributed by atoms with Gasteiger partial charge in [0.05, 0.1) is 0 Å². The molecule has 0 radical (unpaired) electrons. The minimum Gasteiger partial charge on any atom is -0.316 e. The van der Waals surface area contributed by atoms with Crippen molar-refractivity contribution in [2.75, 3.05) is 7.05 Å². The summed E-state index contributed by atoms with van der Waals surface area (Å²) in [6.07, 6.45) is 1.14. The number of rotatable bonds is 4. The molecule has 0 saturated heterocycles. The summed E-state index contributed by atoms with van der Waals surface area (Å²) >= 11 is 0. The van der Waals surface area contributed by atoms with Crippen LogP contribution in [0.2, 0.25) is 0 Å². The van der Waals surface area contributed by atoms with Gasteiger partial charge in [0.25, 0.3) is 0 Å². The third-order valence-electron chi connectivity index (χ3n) is 5.61. The summed E-state index contributed by atoms with van der Waals surface area (Å²) in [7, 11) is 2.10. The average molecular weight is 245 g/mol. The number of hydrogen-bond acceptors (Lipinski definition) is 1. The molecule has 2 rings (SSSR count). The highest BCUT2D eigenvalue weighted by atomic mass is 14.9. The molecule has 1 saturated carbocycles. The van der Waals surface area contributed by atoms with Gasteiger partial charge in [-0.15, -0.1) is 0 Å². The molecule has 1 aliphatic rings. The zero-order valence-corrected chi connectivity index (χ0v) is 12.7. The largest absolute Gasteiger partial charge is 0.316 e. The fraction of sp³-hybridized carbons (Fsp3) is 0.647. The van der Waals surface area contributed by atoms with Gasteiger partial charge in [-0.2, -0.15) is 0 Å². The van der Waals surface area contributed by atoms with E-state index >= 15 is 0 Å². The lowest BCUT2D eigenvalue weighted by atomic mass is 9.94. The molecule has 1 aromatic rings. The van der Waals surface area contributed by atoms with E-state index in [1.54, 1.807) is 0 Å². The van der Waals surface area contributed by atoms with Gasteiger partial charge < -0.3 is 5.32 Å². The van der Waals surface area contributed by atoms with E-state index in [2.05, 4.69) is 71.2 Å². The lowest BCUT2D eigenvalue weighted by Crippen LogP contribution is -2.32. The Labute approximate surface area is 112 Å². The lowest BCUT2D eigenvalue weighted by Gasteiger charge is -2.20. The van der Waals surface area contributed by atoms with E-state index in [0.29, 0.717) is 16.9 Å². The molecular weight excluding hydrogens is 218 g/mol. The third kappa shape index (κ3) is 1.99. The van der Waals surface area contributed by atoms with Gasteiger partial charge in [0.2, 0.25) is 0 Å². The summed E-state index contributed by atoms with van der Waals surface area (Å²) in [5.74, 6) is 0.759. The van der Waals surface area contributed by atoms with Crippen molar-refractivity contribution in [3.63, 3.8) is 0 Å². The van der Waals surface area contributed by atoms with Crippen molar-refractivity contribution in [3.05, 3.63) is 35.4 Å². The molecule has 1 unspecified atom stereocenters. The van der Waals surface area contributed by atoms with E-state index in [1.165, 1.54) is 11.1 Å². The normalized spacial score (nSPS) is 22.8. The van der Waals surface area contributed by atoms with Crippen LogP contribution in [-0.4, -0.2) is 13.1 Å². The van der Waals surface area contributed by atoms with Gasteiger partial charge in [0.15, 0.2) is 0 Å². The Kier molecular flexibility index (Phi) is 3.31. The second kappa shape index (κ2) is 4.38. The van der Waals surface area contributed by atoms with Gasteiger partial charge in [-0.05, 0) is 48.3 Å². The minimum absolute atomic E-state index is 0.448. The van der Waals surface area contributed by atoms with Crippen LogP contribution in [-0.2, 0) is 6.42 Å². The van der Waals surface area contributed by atoms with Crippen LogP contribution in [0.4, 0.5) is 0 Å². The van der Waals surface area contributed by atoms with Crippen molar-refractivity contribution >= 4 is 0 Å². The van der Waals surface area contributed by atoms with E-state index in [1.807, 2.05) is 0 Å². The first kappa shape index (κ1) is 13.6. The second-order valence-corrected chi connectivity index (χ2v) is 6.95. The maximum Gasteiger partial charge on any atom is 0.0143 e. The Morgan fingerprint density at radius 3 is 2.11 bits per heavy atom. The highest BCUT2D eigenvalue weighted by Crippen LogP contribution is 2.69. The van der Waals surface area contributed by atoms with Crippen LogP contribution in [0, 0.1) is 23.7 Å². The van der Waals surface area contributed by atoms with Crippen LogP contribution in [0.25, 0.3) is 0 Å². The SMILES string of the molecule is CNC(Cc1ccccc1C)C1C(C)(C)C1(C)C. The highest BCUT2D eigenvalue weighted by molar-refractivity contribution is 5.28. The fourth-order valence-electron chi connectivity index (χ4n) is 3.72. The molecule has 0 aromatic heterocycles. The highest BCUT2D eigenvalue weighted by Gasteiger charge is 2.66. The minimum atomic E-state index is 0.448. The van der Waals surface area contributed by atoms with Crippen molar-refractivity contribution in [1.82, 2.24) is 5.32 Å². The van der Waals surface area contributed by atoms with Crippen molar-refractivity contribution in [2.45, 2.75) is 47.1 Å². The molecule has 1 aromatic carbocycles. The van der Waals surface area contributed by atoms with Gasteiger partial charge in [-0.25, -0.2) is 0 Å². The molecule has 0 aliphatic heterocycles.